The molecule has 3 aromatic rings. The highest BCUT2D eigenvalue weighted by atomic mass is 19.1. The molecule has 7 nitrogen and oxygen atoms in total. The summed E-state index contributed by atoms with van der Waals surface area (Å²) >= 11 is 0. The Hall–Kier alpha value is -3.66. The number of nitrogens with two attached hydrogens (primary N) is 1. The van der Waals surface area contributed by atoms with Crippen molar-refractivity contribution < 1.29 is 27.8 Å². The van der Waals surface area contributed by atoms with Crippen molar-refractivity contribution in [2.24, 2.45) is 10.8 Å². The maximum absolute atomic E-state index is 15.3. The van der Waals surface area contributed by atoms with Crippen molar-refractivity contribution in [2.45, 2.75) is 37.0 Å². The number of benzene rings is 3. The largest absolute Gasteiger partial charge is 0.443 e. The fourth-order valence-electron chi connectivity index (χ4n) is 4.95. The van der Waals surface area contributed by atoms with E-state index in [2.05, 4.69) is 5.10 Å². The number of methoxy groups -OCH3 is 2. The van der Waals surface area contributed by atoms with E-state index in [1.165, 1.54) is 36.4 Å². The topological polar surface area (TPSA) is 86.4 Å². The first-order valence-corrected chi connectivity index (χ1v) is 12.9. The number of hydrazone groups is 1. The first kappa shape index (κ1) is 28.4. The summed E-state index contributed by atoms with van der Waals surface area (Å²) in [5.74, 6) is -1.88. The summed E-state index contributed by atoms with van der Waals surface area (Å²) in [6.45, 7) is 0.635. The molecule has 4 rings (SSSR count). The second-order valence-electron chi connectivity index (χ2n) is 9.25. The first-order valence-electron chi connectivity index (χ1n) is 12.9. The lowest BCUT2D eigenvalue weighted by atomic mass is 9.85. The van der Waals surface area contributed by atoms with Crippen LogP contribution in [-0.2, 0) is 30.3 Å². The summed E-state index contributed by atoms with van der Waals surface area (Å²) < 4.78 is 47.8. The van der Waals surface area contributed by atoms with Crippen molar-refractivity contribution in [1.82, 2.24) is 5.01 Å². The van der Waals surface area contributed by atoms with Gasteiger partial charge in [0.05, 0.1) is 5.56 Å². The molecule has 39 heavy (non-hydrogen) atoms. The molecular formula is C30H33F2N3O4. The van der Waals surface area contributed by atoms with Gasteiger partial charge in [-0.1, -0.05) is 60.7 Å². The van der Waals surface area contributed by atoms with Gasteiger partial charge in [-0.05, 0) is 44.0 Å². The fraction of sp³-hybridized carbons (Fsp3) is 0.333. The monoisotopic (exact) mass is 537 g/mol. The zero-order valence-electron chi connectivity index (χ0n) is 22.1. The molecule has 0 saturated carbocycles. The lowest BCUT2D eigenvalue weighted by Crippen LogP contribution is -2.54. The SMILES string of the molecule is COCCC[C@@](OC)(C(=O)N1N=C(c2ccccc2F)O[C@@]1(CCCN)c1ccccc1)c1ccccc1F. The van der Waals surface area contributed by atoms with Crippen LogP contribution in [0.25, 0.3) is 0 Å². The van der Waals surface area contributed by atoms with Crippen LogP contribution < -0.4 is 5.73 Å². The van der Waals surface area contributed by atoms with Gasteiger partial charge in [0.2, 0.25) is 11.6 Å². The third kappa shape index (κ3) is 5.43. The predicted octanol–water partition coefficient (Wildman–Crippen LogP) is 5.05. The van der Waals surface area contributed by atoms with Crippen molar-refractivity contribution in [3.05, 3.63) is 107 Å². The Kier molecular flexibility index (Phi) is 9.06. The highest BCUT2D eigenvalue weighted by Crippen LogP contribution is 2.45. The molecule has 2 atom stereocenters. The van der Waals surface area contributed by atoms with Crippen LogP contribution in [0.4, 0.5) is 8.78 Å². The predicted molar refractivity (Wildman–Crippen MR) is 143 cm³/mol. The third-order valence-electron chi connectivity index (χ3n) is 6.92. The van der Waals surface area contributed by atoms with Gasteiger partial charge in [-0.25, -0.2) is 8.78 Å². The molecular weight excluding hydrogens is 504 g/mol. The Morgan fingerprint density at radius 3 is 2.28 bits per heavy atom. The highest BCUT2D eigenvalue weighted by molar-refractivity contribution is 5.98. The summed E-state index contributed by atoms with van der Waals surface area (Å²) in [6, 6.07) is 21.1. The smallest absolute Gasteiger partial charge is 0.283 e. The lowest BCUT2D eigenvalue weighted by Gasteiger charge is -2.41. The van der Waals surface area contributed by atoms with Crippen LogP contribution in [0, 0.1) is 11.6 Å². The molecule has 1 heterocycles. The van der Waals surface area contributed by atoms with Crippen molar-refractivity contribution in [1.29, 1.82) is 0 Å². The minimum atomic E-state index is -1.77. The minimum Gasteiger partial charge on any atom is -0.443 e. The van der Waals surface area contributed by atoms with Gasteiger partial charge in [0.15, 0.2) is 5.60 Å². The second-order valence-corrected chi connectivity index (χ2v) is 9.25. The van der Waals surface area contributed by atoms with Crippen molar-refractivity contribution in [3.63, 3.8) is 0 Å². The number of nitrogens with zero attached hydrogens (tertiary/aromatic N) is 2. The average Bonchev–Trinajstić information content (AvgIpc) is 3.36. The number of hydrogen-bond acceptors (Lipinski definition) is 6. The fourth-order valence-corrected chi connectivity index (χ4v) is 4.95. The number of carbonyl (C=O) groups excluding carboxylic acids is 1. The second kappa shape index (κ2) is 12.5. The van der Waals surface area contributed by atoms with Crippen LogP contribution in [0.15, 0.2) is 84.0 Å². The summed E-state index contributed by atoms with van der Waals surface area (Å²) in [4.78, 5) is 14.7. The molecule has 0 aromatic heterocycles. The van der Waals surface area contributed by atoms with Crippen molar-refractivity contribution in [3.8, 4) is 0 Å². The Bertz CT molecular complexity index is 1310. The molecule has 0 radical (unpaired) electrons. The highest BCUT2D eigenvalue weighted by Gasteiger charge is 2.56. The van der Waals surface area contributed by atoms with Crippen molar-refractivity contribution >= 4 is 11.8 Å². The van der Waals surface area contributed by atoms with Crippen LogP contribution in [0.5, 0.6) is 0 Å². The van der Waals surface area contributed by atoms with Crippen LogP contribution >= 0.6 is 0 Å². The molecule has 0 bridgehead atoms. The lowest BCUT2D eigenvalue weighted by molar-refractivity contribution is -0.179. The molecule has 1 amide bonds. The van der Waals surface area contributed by atoms with E-state index in [1.807, 2.05) is 18.2 Å². The quantitative estimate of drug-likeness (QED) is 0.327. The Labute approximate surface area is 227 Å². The van der Waals surface area contributed by atoms with Crippen LogP contribution in [0.2, 0.25) is 0 Å². The summed E-state index contributed by atoms with van der Waals surface area (Å²) in [5.41, 5.74) is 3.40. The molecule has 9 heteroatoms. The Balaban J connectivity index is 1.94. The van der Waals surface area contributed by atoms with Gasteiger partial charge in [-0.3, -0.25) is 4.79 Å². The average molecular weight is 538 g/mol. The zero-order valence-corrected chi connectivity index (χ0v) is 22.1. The summed E-state index contributed by atoms with van der Waals surface area (Å²) in [5, 5.41) is 5.75. The van der Waals surface area contributed by atoms with E-state index in [4.69, 9.17) is 19.9 Å². The van der Waals surface area contributed by atoms with Gasteiger partial charge >= 0.3 is 0 Å². The van der Waals surface area contributed by atoms with Crippen molar-refractivity contribution in [2.75, 3.05) is 27.4 Å². The molecule has 1 aliphatic rings. The number of halogens is 2. The van der Waals surface area contributed by atoms with E-state index in [0.717, 1.165) is 0 Å². The molecule has 0 fully saturated rings. The van der Waals surface area contributed by atoms with Gasteiger partial charge in [-0.2, -0.15) is 5.01 Å². The Morgan fingerprint density at radius 1 is 0.974 bits per heavy atom. The van der Waals surface area contributed by atoms with Crippen LogP contribution in [-0.4, -0.2) is 44.2 Å². The zero-order chi connectivity index (χ0) is 27.9. The van der Waals surface area contributed by atoms with E-state index in [9.17, 15) is 9.18 Å². The molecule has 0 spiro atoms. The van der Waals surface area contributed by atoms with E-state index in [-0.39, 0.29) is 29.9 Å². The minimum absolute atomic E-state index is 0.0592. The van der Waals surface area contributed by atoms with E-state index in [1.54, 1.807) is 43.5 Å². The number of rotatable bonds is 12. The maximum Gasteiger partial charge on any atom is 0.283 e. The molecule has 3 aromatic carbocycles. The Morgan fingerprint density at radius 2 is 1.64 bits per heavy atom. The molecule has 0 unspecified atom stereocenters. The van der Waals surface area contributed by atoms with Gasteiger partial charge < -0.3 is 19.9 Å². The number of hydrogen-bond donors (Lipinski definition) is 1. The van der Waals surface area contributed by atoms with E-state index in [0.29, 0.717) is 31.6 Å². The molecule has 2 N–H and O–H groups in total. The van der Waals surface area contributed by atoms with Gasteiger partial charge in [-0.15, -0.1) is 5.10 Å². The molecule has 0 saturated heterocycles. The van der Waals surface area contributed by atoms with Crippen LogP contribution in [0.3, 0.4) is 0 Å². The standard InChI is InChI=1S/C30H33F2N3O4/c1-37-21-11-18-29(38-2,24-15-7-9-17-26(24)32)28(36)35-30(19-10-20-33,22-12-4-3-5-13-22)39-27(34-35)23-14-6-8-16-25(23)31/h3-9,12-17H,10-11,18-21,33H2,1-2H3/t29-,30-/m0/s1. The van der Waals surface area contributed by atoms with Gasteiger partial charge in [0.1, 0.15) is 11.6 Å². The van der Waals surface area contributed by atoms with Crippen LogP contribution in [0.1, 0.15) is 42.4 Å². The number of carbonyl (C=O) groups is 1. The van der Waals surface area contributed by atoms with E-state index < -0.39 is 28.9 Å². The first-order chi connectivity index (χ1) is 18.9. The molecule has 0 aliphatic carbocycles. The third-order valence-corrected chi connectivity index (χ3v) is 6.92. The number of ether oxygens (including phenoxy) is 3. The van der Waals surface area contributed by atoms with Gasteiger partial charge in [0, 0.05) is 38.4 Å². The molecule has 206 valence electrons. The van der Waals surface area contributed by atoms with Gasteiger partial charge in [0.25, 0.3) is 5.91 Å². The maximum atomic E-state index is 15.3. The number of amides is 1. The summed E-state index contributed by atoms with van der Waals surface area (Å²) in [6.07, 6.45) is 1.20. The normalized spacial score (nSPS) is 18.4. The summed E-state index contributed by atoms with van der Waals surface area (Å²) in [7, 11) is 2.91. The molecule has 1 aliphatic heterocycles. The van der Waals surface area contributed by atoms with E-state index >= 15 is 4.39 Å².